The zero-order chi connectivity index (χ0) is 19.1. The molecule has 1 saturated heterocycles. The molecule has 0 amide bonds. The van der Waals surface area contributed by atoms with Gasteiger partial charge in [0.25, 0.3) is 0 Å². The zero-order valence-corrected chi connectivity index (χ0v) is 14.8. The summed E-state index contributed by atoms with van der Waals surface area (Å²) >= 11 is 0. The molecule has 3 N–H and O–H groups in total. The van der Waals surface area contributed by atoms with E-state index in [2.05, 4.69) is 11.1 Å². The standard InChI is InChI=1S/C20H17N3O4/c1-19-8-13(24)20(2,27-19)15-14(19)17(25)23(18(15)26)12-6-5-10(9-21)16-11(12)4-3-7-22-16/h3-7,13,24-26H,8H2,1-2H3/t13-,19-,20+/m0/s1. The molecule has 2 aliphatic heterocycles. The van der Waals surface area contributed by atoms with Gasteiger partial charge < -0.3 is 20.1 Å². The third kappa shape index (κ3) is 1.74. The molecule has 3 atom stereocenters. The second kappa shape index (κ2) is 4.80. The highest BCUT2D eigenvalue weighted by Gasteiger charge is 2.64. The Morgan fingerprint density at radius 2 is 1.96 bits per heavy atom. The van der Waals surface area contributed by atoms with Crippen molar-refractivity contribution < 1.29 is 20.1 Å². The summed E-state index contributed by atoms with van der Waals surface area (Å²) < 4.78 is 7.35. The molecule has 5 rings (SSSR count). The number of benzene rings is 1. The van der Waals surface area contributed by atoms with Crippen LogP contribution in [0.15, 0.2) is 30.5 Å². The lowest BCUT2D eigenvalue weighted by Gasteiger charge is -2.25. The smallest absolute Gasteiger partial charge is 0.205 e. The average Bonchev–Trinajstić information content (AvgIpc) is 3.15. The summed E-state index contributed by atoms with van der Waals surface area (Å²) in [6.45, 7) is 3.52. The number of fused-ring (bicyclic) bond motifs is 6. The van der Waals surface area contributed by atoms with E-state index in [-0.39, 0.29) is 11.8 Å². The van der Waals surface area contributed by atoms with Crippen molar-refractivity contribution in [2.45, 2.75) is 37.6 Å². The van der Waals surface area contributed by atoms with Gasteiger partial charge in [0.15, 0.2) is 0 Å². The number of nitriles is 1. The van der Waals surface area contributed by atoms with E-state index >= 15 is 0 Å². The number of rotatable bonds is 1. The van der Waals surface area contributed by atoms with Crippen LogP contribution in [0.4, 0.5) is 0 Å². The predicted molar refractivity (Wildman–Crippen MR) is 95.5 cm³/mol. The minimum absolute atomic E-state index is 0.129. The topological polar surface area (TPSA) is 112 Å². The van der Waals surface area contributed by atoms with Gasteiger partial charge in [-0.15, -0.1) is 0 Å². The molecule has 2 aliphatic rings. The fraction of sp³-hybridized carbons (Fsp3) is 0.300. The van der Waals surface area contributed by atoms with Crippen molar-refractivity contribution in [3.05, 3.63) is 47.2 Å². The maximum atomic E-state index is 11.0. The summed E-state index contributed by atoms with van der Waals surface area (Å²) in [6, 6.07) is 8.90. The normalized spacial score (nSPS) is 28.4. The van der Waals surface area contributed by atoms with E-state index in [4.69, 9.17) is 4.74 Å². The Labute approximate surface area is 154 Å². The van der Waals surface area contributed by atoms with E-state index < -0.39 is 17.3 Å². The van der Waals surface area contributed by atoms with Crippen molar-refractivity contribution in [3.63, 3.8) is 0 Å². The van der Waals surface area contributed by atoms with Gasteiger partial charge >= 0.3 is 0 Å². The molecule has 7 nitrogen and oxygen atoms in total. The average molecular weight is 363 g/mol. The summed E-state index contributed by atoms with van der Waals surface area (Å²) in [6.07, 6.45) is 1.15. The highest BCUT2D eigenvalue weighted by atomic mass is 16.6. The van der Waals surface area contributed by atoms with Gasteiger partial charge in [0, 0.05) is 18.0 Å². The molecular formula is C20H17N3O4. The fourth-order valence-corrected chi connectivity index (χ4v) is 4.70. The molecule has 0 radical (unpaired) electrons. The van der Waals surface area contributed by atoms with Crippen LogP contribution in [0.25, 0.3) is 16.6 Å². The van der Waals surface area contributed by atoms with Crippen LogP contribution in [0.2, 0.25) is 0 Å². The number of aliphatic hydroxyl groups excluding tert-OH is 1. The Bertz CT molecular complexity index is 1180. The number of hydrogen-bond acceptors (Lipinski definition) is 6. The first-order chi connectivity index (χ1) is 12.8. The lowest BCUT2D eigenvalue weighted by Crippen LogP contribution is -2.32. The van der Waals surface area contributed by atoms with Crippen molar-refractivity contribution >= 4 is 10.9 Å². The Kier molecular flexibility index (Phi) is 2.86. The van der Waals surface area contributed by atoms with E-state index in [1.54, 1.807) is 44.3 Å². The number of aliphatic hydroxyl groups is 1. The highest BCUT2D eigenvalue weighted by Crippen LogP contribution is 2.64. The van der Waals surface area contributed by atoms with Crippen LogP contribution in [0.3, 0.4) is 0 Å². The molecule has 2 aromatic heterocycles. The van der Waals surface area contributed by atoms with Gasteiger partial charge in [-0.2, -0.15) is 5.26 Å². The van der Waals surface area contributed by atoms with Crippen LogP contribution in [-0.2, 0) is 15.9 Å². The predicted octanol–water partition coefficient (Wildman–Crippen LogP) is 2.53. The van der Waals surface area contributed by atoms with Gasteiger partial charge in [0.1, 0.15) is 11.7 Å². The molecule has 1 fully saturated rings. The van der Waals surface area contributed by atoms with Crippen LogP contribution in [-0.4, -0.2) is 31.0 Å². The second-order valence-corrected chi connectivity index (χ2v) is 7.54. The monoisotopic (exact) mass is 363 g/mol. The van der Waals surface area contributed by atoms with Crippen molar-refractivity contribution in [1.29, 1.82) is 5.26 Å². The number of hydrogen-bond donors (Lipinski definition) is 3. The Balaban J connectivity index is 1.86. The van der Waals surface area contributed by atoms with E-state index in [9.17, 15) is 20.6 Å². The van der Waals surface area contributed by atoms with Gasteiger partial charge in [0.05, 0.1) is 39.6 Å². The van der Waals surface area contributed by atoms with Crippen LogP contribution < -0.4 is 0 Å². The Morgan fingerprint density at radius 1 is 1.22 bits per heavy atom. The first kappa shape index (κ1) is 16.1. The summed E-state index contributed by atoms with van der Waals surface area (Å²) in [4.78, 5) is 4.28. The molecule has 0 spiro atoms. The second-order valence-electron chi connectivity index (χ2n) is 7.54. The van der Waals surface area contributed by atoms with Crippen molar-refractivity contribution in [1.82, 2.24) is 9.55 Å². The maximum Gasteiger partial charge on any atom is 0.205 e. The van der Waals surface area contributed by atoms with Crippen molar-refractivity contribution in [2.75, 3.05) is 0 Å². The highest BCUT2D eigenvalue weighted by molar-refractivity contribution is 5.92. The van der Waals surface area contributed by atoms with Gasteiger partial charge in [-0.25, -0.2) is 0 Å². The molecule has 7 heteroatoms. The van der Waals surface area contributed by atoms with E-state index in [1.165, 1.54) is 4.57 Å². The Morgan fingerprint density at radius 3 is 2.70 bits per heavy atom. The Hall–Kier alpha value is -3.08. The SMILES string of the molecule is C[C@@]12O[C@@](C)(C[C@@H]1O)c1c2c(O)n(-c2ccc(C#N)c3ncccc23)c1O. The van der Waals surface area contributed by atoms with Gasteiger partial charge in [-0.05, 0) is 38.1 Å². The molecular weight excluding hydrogens is 346 g/mol. The number of aromatic nitrogens is 2. The minimum Gasteiger partial charge on any atom is -0.494 e. The van der Waals surface area contributed by atoms with Crippen LogP contribution in [0, 0.1) is 11.3 Å². The molecule has 0 unspecified atom stereocenters. The molecule has 136 valence electrons. The number of nitrogens with zero attached hydrogens (tertiary/aromatic N) is 3. The lowest BCUT2D eigenvalue weighted by atomic mass is 9.78. The van der Waals surface area contributed by atoms with Gasteiger partial charge in [-0.3, -0.25) is 9.55 Å². The molecule has 0 saturated carbocycles. The summed E-state index contributed by atoms with van der Waals surface area (Å²) in [7, 11) is 0. The van der Waals surface area contributed by atoms with E-state index in [0.717, 1.165) is 0 Å². The van der Waals surface area contributed by atoms with Crippen LogP contribution in [0.1, 0.15) is 37.0 Å². The minimum atomic E-state index is -1.09. The van der Waals surface area contributed by atoms with Crippen molar-refractivity contribution in [2.24, 2.45) is 0 Å². The van der Waals surface area contributed by atoms with E-state index in [0.29, 0.717) is 39.7 Å². The quantitative estimate of drug-likeness (QED) is 0.613. The third-order valence-electron chi connectivity index (χ3n) is 5.91. The van der Waals surface area contributed by atoms with Gasteiger partial charge in [0.2, 0.25) is 11.8 Å². The maximum absolute atomic E-state index is 11.0. The van der Waals surface area contributed by atoms with Crippen LogP contribution in [0.5, 0.6) is 11.8 Å². The molecule has 3 aromatic rings. The molecule has 0 aliphatic carbocycles. The first-order valence-electron chi connectivity index (χ1n) is 8.66. The van der Waals surface area contributed by atoms with Crippen molar-refractivity contribution in [3.8, 4) is 23.5 Å². The zero-order valence-electron chi connectivity index (χ0n) is 14.8. The van der Waals surface area contributed by atoms with E-state index in [1.807, 2.05) is 0 Å². The summed E-state index contributed by atoms with van der Waals surface area (Å²) in [5.41, 5.74) is 0.334. The first-order valence-corrected chi connectivity index (χ1v) is 8.66. The van der Waals surface area contributed by atoms with Crippen LogP contribution >= 0.6 is 0 Å². The van der Waals surface area contributed by atoms with Gasteiger partial charge in [-0.1, -0.05) is 0 Å². The molecule has 4 heterocycles. The molecule has 27 heavy (non-hydrogen) atoms. The molecule has 1 aromatic carbocycles. The number of aromatic hydroxyl groups is 2. The largest absolute Gasteiger partial charge is 0.494 e. The molecule has 2 bridgehead atoms. The third-order valence-corrected chi connectivity index (χ3v) is 5.91. The number of ether oxygens (including phenoxy) is 1. The lowest BCUT2D eigenvalue weighted by molar-refractivity contribution is -0.0936. The summed E-state index contributed by atoms with van der Waals surface area (Å²) in [5, 5.41) is 42.4. The fourth-order valence-electron chi connectivity index (χ4n) is 4.70. The summed E-state index contributed by atoms with van der Waals surface area (Å²) in [5.74, 6) is -0.308. The number of pyridine rings is 1.